The molecule has 6 heteroatoms. The van der Waals surface area contributed by atoms with E-state index in [-0.39, 0.29) is 29.0 Å². The first-order valence-corrected chi connectivity index (χ1v) is 13.7. The fraction of sp³-hybridized carbons (Fsp3) is 0.828. The van der Waals surface area contributed by atoms with E-state index in [2.05, 4.69) is 20.8 Å². The van der Waals surface area contributed by atoms with Crippen LogP contribution in [0.5, 0.6) is 0 Å². The minimum atomic E-state index is -0.306. The van der Waals surface area contributed by atoms with Gasteiger partial charge in [-0.15, -0.1) is 0 Å². The Kier molecular flexibility index (Phi) is 7.97. The van der Waals surface area contributed by atoms with Crippen LogP contribution in [-0.4, -0.2) is 38.2 Å². The Balaban J connectivity index is 1.52. The lowest BCUT2D eigenvalue weighted by molar-refractivity contribution is -0.190. The Morgan fingerprint density at radius 2 is 1.77 bits per heavy atom. The molecular formula is C29H44O6. The maximum Gasteiger partial charge on any atom is 0.330 e. The lowest BCUT2D eigenvalue weighted by Gasteiger charge is -2.62. The summed E-state index contributed by atoms with van der Waals surface area (Å²) in [7, 11) is 1.40. The van der Waals surface area contributed by atoms with Gasteiger partial charge in [-0.1, -0.05) is 26.8 Å². The Bertz CT molecular complexity index is 809. The fourth-order valence-corrected chi connectivity index (χ4v) is 9.40. The number of methoxy groups -OCH3 is 1. The van der Waals surface area contributed by atoms with Crippen molar-refractivity contribution in [2.45, 2.75) is 97.2 Å². The number of carbonyl (C=O) groups is 3. The summed E-state index contributed by atoms with van der Waals surface area (Å²) in [6.45, 7) is 8.51. The highest BCUT2D eigenvalue weighted by molar-refractivity contribution is 5.81. The first-order chi connectivity index (χ1) is 16.8. The van der Waals surface area contributed by atoms with E-state index in [4.69, 9.17) is 14.2 Å². The molecule has 4 aliphatic carbocycles. The summed E-state index contributed by atoms with van der Waals surface area (Å²) >= 11 is 0. The average molecular weight is 489 g/mol. The van der Waals surface area contributed by atoms with Crippen LogP contribution in [0.1, 0.15) is 85.0 Å². The standard InChI is InChI=1S/C29H44O6/c1-19(7-5-6-8-27(32)33-4)23-11-12-24-22-10-9-20-15-21(34-17-30)13-14-28(20,2)25(22)16-26(35-18-31)29(23,24)3/h6,8,17-26H,5,7,9-16H2,1-4H3/t19?,20-,21-,22?,23-,24+,25?,26+,28+,29-/m1/s1. The fourth-order valence-electron chi connectivity index (χ4n) is 9.40. The van der Waals surface area contributed by atoms with Gasteiger partial charge in [-0.2, -0.15) is 0 Å². The maximum absolute atomic E-state index is 11.7. The molecule has 3 unspecified atom stereocenters. The minimum absolute atomic E-state index is 0.00537. The van der Waals surface area contributed by atoms with E-state index in [1.165, 1.54) is 38.9 Å². The average Bonchev–Trinajstić information content (AvgIpc) is 3.21. The van der Waals surface area contributed by atoms with Crippen molar-refractivity contribution in [3.8, 4) is 0 Å². The summed E-state index contributed by atoms with van der Waals surface area (Å²) < 4.78 is 16.0. The van der Waals surface area contributed by atoms with Gasteiger partial charge >= 0.3 is 5.97 Å². The molecule has 4 rings (SSSR count). The minimum Gasteiger partial charge on any atom is -0.466 e. The predicted octanol–water partition coefficient (Wildman–Crippen LogP) is 5.48. The van der Waals surface area contributed by atoms with E-state index in [0.717, 1.165) is 38.5 Å². The van der Waals surface area contributed by atoms with E-state index >= 15 is 0 Å². The van der Waals surface area contributed by atoms with Crippen LogP contribution in [0, 0.1) is 46.3 Å². The molecule has 35 heavy (non-hydrogen) atoms. The topological polar surface area (TPSA) is 78.9 Å². The summed E-state index contributed by atoms with van der Waals surface area (Å²) in [5, 5.41) is 0. The van der Waals surface area contributed by atoms with Gasteiger partial charge in [0.1, 0.15) is 12.2 Å². The number of hydrogen-bond acceptors (Lipinski definition) is 6. The van der Waals surface area contributed by atoms with Gasteiger partial charge in [0.2, 0.25) is 0 Å². The van der Waals surface area contributed by atoms with Crippen LogP contribution in [0.3, 0.4) is 0 Å². The summed E-state index contributed by atoms with van der Waals surface area (Å²) in [5.41, 5.74) is 0.217. The molecule has 196 valence electrons. The van der Waals surface area contributed by atoms with Gasteiger partial charge in [0, 0.05) is 11.5 Å². The molecule has 4 aliphatic rings. The van der Waals surface area contributed by atoms with Gasteiger partial charge in [-0.25, -0.2) is 4.79 Å². The SMILES string of the molecule is COC(=O)C=CCCC(C)[C@H]1CC[C@H]2C3CC[C@@H]4C[C@H](OC=O)CC[C@]4(C)C3C[C@H](OC=O)[C@]12C. The molecule has 0 N–H and O–H groups in total. The Labute approximate surface area is 210 Å². The second-order valence-corrected chi connectivity index (χ2v) is 12.3. The third-order valence-electron chi connectivity index (χ3n) is 11.2. The van der Waals surface area contributed by atoms with Crippen LogP contribution in [0.15, 0.2) is 12.2 Å². The second-order valence-electron chi connectivity index (χ2n) is 12.3. The molecule has 10 atom stereocenters. The summed E-state index contributed by atoms with van der Waals surface area (Å²) in [5.74, 6) is 3.06. The number of fused-ring (bicyclic) bond motifs is 5. The summed E-state index contributed by atoms with van der Waals surface area (Å²) in [6, 6.07) is 0. The van der Waals surface area contributed by atoms with Gasteiger partial charge in [-0.3, -0.25) is 9.59 Å². The first-order valence-electron chi connectivity index (χ1n) is 13.7. The molecule has 0 aromatic heterocycles. The predicted molar refractivity (Wildman–Crippen MR) is 132 cm³/mol. The zero-order valence-electron chi connectivity index (χ0n) is 21.9. The molecule has 0 aromatic rings. The Hall–Kier alpha value is -1.85. The van der Waals surface area contributed by atoms with Crippen molar-refractivity contribution in [1.82, 2.24) is 0 Å². The molecule has 0 aliphatic heterocycles. The van der Waals surface area contributed by atoms with Gasteiger partial charge in [0.05, 0.1) is 7.11 Å². The van der Waals surface area contributed by atoms with Crippen molar-refractivity contribution in [3.05, 3.63) is 12.2 Å². The Morgan fingerprint density at radius 3 is 2.49 bits per heavy atom. The maximum atomic E-state index is 11.7. The van der Waals surface area contributed by atoms with E-state index in [0.29, 0.717) is 48.5 Å². The number of esters is 1. The summed E-state index contributed by atoms with van der Waals surface area (Å²) in [6.07, 6.45) is 14.1. The third kappa shape index (κ3) is 4.67. The lowest BCUT2D eigenvalue weighted by Crippen LogP contribution is -2.59. The van der Waals surface area contributed by atoms with Crippen LogP contribution >= 0.6 is 0 Å². The van der Waals surface area contributed by atoms with Crippen molar-refractivity contribution in [3.63, 3.8) is 0 Å². The summed E-state index contributed by atoms with van der Waals surface area (Å²) in [4.78, 5) is 34.0. The van der Waals surface area contributed by atoms with Crippen LogP contribution < -0.4 is 0 Å². The van der Waals surface area contributed by atoms with Crippen molar-refractivity contribution >= 4 is 18.9 Å². The van der Waals surface area contributed by atoms with Crippen LogP contribution in [0.4, 0.5) is 0 Å². The van der Waals surface area contributed by atoms with Crippen LogP contribution in [0.2, 0.25) is 0 Å². The highest BCUT2D eigenvalue weighted by Crippen LogP contribution is 2.68. The largest absolute Gasteiger partial charge is 0.466 e. The number of hydrogen-bond donors (Lipinski definition) is 0. The molecule has 4 fully saturated rings. The van der Waals surface area contributed by atoms with Gasteiger partial charge in [-0.05, 0) is 105 Å². The van der Waals surface area contributed by atoms with E-state index in [1.807, 2.05) is 6.08 Å². The van der Waals surface area contributed by atoms with Crippen molar-refractivity contribution in [1.29, 1.82) is 0 Å². The number of carbonyl (C=O) groups excluding carboxylic acids is 3. The molecule has 0 radical (unpaired) electrons. The molecule has 0 aromatic carbocycles. The van der Waals surface area contributed by atoms with E-state index in [1.54, 1.807) is 0 Å². The molecule has 0 saturated heterocycles. The van der Waals surface area contributed by atoms with Gasteiger partial charge in [0.25, 0.3) is 12.9 Å². The zero-order chi connectivity index (χ0) is 25.2. The van der Waals surface area contributed by atoms with Crippen molar-refractivity contribution in [2.24, 2.45) is 46.3 Å². The monoisotopic (exact) mass is 488 g/mol. The third-order valence-corrected chi connectivity index (χ3v) is 11.2. The quantitative estimate of drug-likeness (QED) is 0.185. The highest BCUT2D eigenvalue weighted by Gasteiger charge is 2.64. The number of ether oxygens (including phenoxy) is 3. The molecule has 0 heterocycles. The molecule has 0 spiro atoms. The second kappa shape index (κ2) is 10.6. The van der Waals surface area contributed by atoms with Gasteiger partial charge < -0.3 is 14.2 Å². The van der Waals surface area contributed by atoms with E-state index < -0.39 is 0 Å². The zero-order valence-corrected chi connectivity index (χ0v) is 21.9. The molecule has 4 saturated carbocycles. The molecule has 0 bridgehead atoms. The number of allylic oxidation sites excluding steroid dienone is 1. The normalized spacial score (nSPS) is 43.4. The first kappa shape index (κ1) is 26.2. The molecule has 0 amide bonds. The Morgan fingerprint density at radius 1 is 1.00 bits per heavy atom. The molecular weight excluding hydrogens is 444 g/mol. The van der Waals surface area contributed by atoms with Crippen LogP contribution in [-0.2, 0) is 28.6 Å². The van der Waals surface area contributed by atoms with Crippen LogP contribution in [0.25, 0.3) is 0 Å². The molecule has 6 nitrogen and oxygen atoms in total. The highest BCUT2D eigenvalue weighted by atomic mass is 16.5. The lowest BCUT2D eigenvalue weighted by atomic mass is 9.43. The van der Waals surface area contributed by atoms with Crippen molar-refractivity contribution in [2.75, 3.05) is 7.11 Å². The van der Waals surface area contributed by atoms with Crippen molar-refractivity contribution < 1.29 is 28.6 Å². The van der Waals surface area contributed by atoms with E-state index in [9.17, 15) is 14.4 Å². The van der Waals surface area contributed by atoms with Gasteiger partial charge in [0.15, 0.2) is 0 Å². The smallest absolute Gasteiger partial charge is 0.330 e. The number of rotatable bonds is 9.